The first-order chi connectivity index (χ1) is 15.6. The normalized spacial score (nSPS) is 13.5. The first-order valence-corrected chi connectivity index (χ1v) is 18.1. The number of aliphatic hydroxyl groups excluding tert-OH is 1. The molecule has 1 N–H and O–H groups in total. The van der Waals surface area contributed by atoms with Gasteiger partial charge in [-0.2, -0.15) is 0 Å². The van der Waals surface area contributed by atoms with Gasteiger partial charge >= 0.3 is 206 Å². The SMILES string of the molecule is CCCCCCCCCC[PH](CC)(CCCCCCCC)CC(O)CCCCCCCC. The molecule has 196 valence electrons. The number of unbranched alkanes of at least 4 members (excludes halogenated alkanes) is 17. The maximum atomic E-state index is 10.9. The van der Waals surface area contributed by atoms with E-state index >= 15 is 0 Å². The van der Waals surface area contributed by atoms with Crippen LogP contribution in [0.2, 0.25) is 0 Å². The Morgan fingerprint density at radius 3 is 1.19 bits per heavy atom. The molecule has 0 aliphatic rings. The molecule has 0 aromatic heterocycles. The summed E-state index contributed by atoms with van der Waals surface area (Å²) in [5, 5.41) is 10.9. The van der Waals surface area contributed by atoms with E-state index in [0.29, 0.717) is 0 Å². The fourth-order valence-electron chi connectivity index (χ4n) is 5.50. The van der Waals surface area contributed by atoms with Crippen LogP contribution in [0.15, 0.2) is 0 Å². The fourth-order valence-corrected chi connectivity index (χ4v) is 10.4. The van der Waals surface area contributed by atoms with Crippen molar-refractivity contribution in [2.75, 3.05) is 24.6 Å². The van der Waals surface area contributed by atoms with Crippen molar-refractivity contribution in [3.05, 3.63) is 0 Å². The maximum absolute atomic E-state index is 10.9. The molecule has 0 amide bonds. The minimum atomic E-state index is -1.31. The number of hydrogen-bond donors (Lipinski definition) is 1. The van der Waals surface area contributed by atoms with Gasteiger partial charge in [0.1, 0.15) is 0 Å². The Hall–Kier alpha value is 0.390. The number of aliphatic hydroxyl groups is 1. The van der Waals surface area contributed by atoms with Gasteiger partial charge in [0.05, 0.1) is 0 Å². The second-order valence-corrected chi connectivity index (χ2v) is 16.1. The summed E-state index contributed by atoms with van der Waals surface area (Å²) in [6.45, 7) is 9.37. The topological polar surface area (TPSA) is 20.2 Å². The predicted molar refractivity (Wildman–Crippen MR) is 153 cm³/mol. The van der Waals surface area contributed by atoms with Gasteiger partial charge in [-0.25, -0.2) is 0 Å². The van der Waals surface area contributed by atoms with Gasteiger partial charge in [-0.3, -0.25) is 0 Å². The van der Waals surface area contributed by atoms with Gasteiger partial charge in [0.2, 0.25) is 0 Å². The fraction of sp³-hybridized carbons (Fsp3) is 1.00. The Labute approximate surface area is 205 Å². The van der Waals surface area contributed by atoms with E-state index in [1.54, 1.807) is 0 Å². The van der Waals surface area contributed by atoms with Crippen molar-refractivity contribution in [1.29, 1.82) is 0 Å². The Balaban J connectivity index is 4.40. The van der Waals surface area contributed by atoms with E-state index in [0.717, 1.165) is 6.42 Å². The zero-order chi connectivity index (χ0) is 23.8. The van der Waals surface area contributed by atoms with Crippen LogP contribution in [0.1, 0.15) is 163 Å². The van der Waals surface area contributed by atoms with Crippen LogP contribution in [0.3, 0.4) is 0 Å². The minimum absolute atomic E-state index is 0.0121. The van der Waals surface area contributed by atoms with Gasteiger partial charge in [-0.05, 0) is 0 Å². The van der Waals surface area contributed by atoms with Crippen LogP contribution >= 0.6 is 7.26 Å². The molecule has 0 saturated heterocycles. The molecule has 0 aliphatic carbocycles. The van der Waals surface area contributed by atoms with Crippen LogP contribution in [0.5, 0.6) is 0 Å². The summed E-state index contributed by atoms with van der Waals surface area (Å²) in [7, 11) is -1.31. The van der Waals surface area contributed by atoms with Gasteiger partial charge in [0.25, 0.3) is 0 Å². The molecule has 0 aliphatic heterocycles. The van der Waals surface area contributed by atoms with Crippen molar-refractivity contribution in [1.82, 2.24) is 0 Å². The monoisotopic (exact) mass is 472 g/mol. The van der Waals surface area contributed by atoms with Crippen LogP contribution in [0.4, 0.5) is 0 Å². The van der Waals surface area contributed by atoms with E-state index in [9.17, 15) is 5.11 Å². The van der Waals surface area contributed by atoms with Crippen LogP contribution in [-0.4, -0.2) is 35.9 Å². The van der Waals surface area contributed by atoms with E-state index in [2.05, 4.69) is 27.7 Å². The molecule has 1 unspecified atom stereocenters. The molecule has 0 radical (unpaired) electrons. The van der Waals surface area contributed by atoms with Crippen molar-refractivity contribution in [3.63, 3.8) is 0 Å². The van der Waals surface area contributed by atoms with Crippen LogP contribution in [0, 0.1) is 0 Å². The van der Waals surface area contributed by atoms with Gasteiger partial charge in [0.15, 0.2) is 0 Å². The molecule has 0 saturated carbocycles. The quantitative estimate of drug-likeness (QED) is 0.0980. The first kappa shape index (κ1) is 32.4. The molecule has 0 rings (SSSR count). The van der Waals surface area contributed by atoms with Crippen LogP contribution in [-0.2, 0) is 0 Å². The van der Waals surface area contributed by atoms with Crippen molar-refractivity contribution in [2.24, 2.45) is 0 Å². The van der Waals surface area contributed by atoms with Crippen LogP contribution < -0.4 is 0 Å². The molecule has 0 fully saturated rings. The molecule has 0 bridgehead atoms. The van der Waals surface area contributed by atoms with E-state index < -0.39 is 7.26 Å². The summed E-state index contributed by atoms with van der Waals surface area (Å²) in [6.07, 6.45) is 34.5. The van der Waals surface area contributed by atoms with E-state index in [4.69, 9.17) is 0 Å². The summed E-state index contributed by atoms with van der Waals surface area (Å²) in [4.78, 5) is 0. The molecular formula is C30H65OP. The Kier molecular flexibility index (Phi) is 24.8. The number of rotatable bonds is 26. The summed E-state index contributed by atoms with van der Waals surface area (Å²) in [5.74, 6) is 0. The average molecular weight is 473 g/mol. The van der Waals surface area contributed by atoms with Gasteiger partial charge in [0, 0.05) is 0 Å². The van der Waals surface area contributed by atoms with E-state index in [1.807, 2.05) is 0 Å². The zero-order valence-electron chi connectivity index (χ0n) is 23.2. The van der Waals surface area contributed by atoms with Crippen molar-refractivity contribution >= 4 is 7.26 Å². The molecule has 0 aromatic rings. The molecule has 2 heteroatoms. The standard InChI is InChI=1S/C30H65OP/c1-5-9-12-15-18-19-22-25-28-32(8-4,27-24-21-17-14-11-7-3)29-30(31)26-23-20-16-13-10-6-2/h30-32H,5-29H2,1-4H3. The van der Waals surface area contributed by atoms with E-state index in [1.165, 1.54) is 153 Å². The van der Waals surface area contributed by atoms with Gasteiger partial charge < -0.3 is 0 Å². The summed E-state index contributed by atoms with van der Waals surface area (Å²) >= 11 is 0. The molecule has 0 heterocycles. The van der Waals surface area contributed by atoms with Gasteiger partial charge in [-0.15, -0.1) is 0 Å². The first-order valence-electron chi connectivity index (χ1n) is 15.3. The Morgan fingerprint density at radius 1 is 0.469 bits per heavy atom. The molecular weight excluding hydrogens is 407 g/mol. The second kappa shape index (κ2) is 24.5. The molecule has 0 spiro atoms. The van der Waals surface area contributed by atoms with E-state index in [-0.39, 0.29) is 6.10 Å². The second-order valence-electron chi connectivity index (χ2n) is 11.0. The van der Waals surface area contributed by atoms with Crippen molar-refractivity contribution < 1.29 is 5.11 Å². The molecule has 1 nitrogen and oxygen atoms in total. The molecule has 0 aromatic carbocycles. The molecule has 1 atom stereocenters. The average Bonchev–Trinajstić information content (AvgIpc) is 2.80. The Morgan fingerprint density at radius 2 is 0.812 bits per heavy atom. The van der Waals surface area contributed by atoms with Crippen molar-refractivity contribution in [3.8, 4) is 0 Å². The van der Waals surface area contributed by atoms with Crippen LogP contribution in [0.25, 0.3) is 0 Å². The third kappa shape index (κ3) is 19.8. The predicted octanol–water partition coefficient (Wildman–Crippen LogP) is 10.4. The van der Waals surface area contributed by atoms with Crippen molar-refractivity contribution in [2.45, 2.75) is 169 Å². The Bertz CT molecular complexity index is 359. The third-order valence-corrected chi connectivity index (χ3v) is 13.6. The molecule has 32 heavy (non-hydrogen) atoms. The summed E-state index contributed by atoms with van der Waals surface area (Å²) in [6, 6.07) is 0. The third-order valence-electron chi connectivity index (χ3n) is 7.93. The zero-order valence-corrected chi connectivity index (χ0v) is 24.2. The summed E-state index contributed by atoms with van der Waals surface area (Å²) < 4.78 is 0. The summed E-state index contributed by atoms with van der Waals surface area (Å²) in [5.41, 5.74) is 0. The van der Waals surface area contributed by atoms with Gasteiger partial charge in [-0.1, -0.05) is 0 Å². The number of hydrogen-bond acceptors (Lipinski definition) is 1.